The van der Waals surface area contributed by atoms with E-state index in [0.29, 0.717) is 31.3 Å². The number of thiazole rings is 1. The molecule has 1 aromatic carbocycles. The lowest BCUT2D eigenvalue weighted by Crippen LogP contribution is -2.44. The van der Waals surface area contributed by atoms with Gasteiger partial charge in [-0.1, -0.05) is 29.4 Å². The Bertz CT molecular complexity index is 878. The molecule has 2 aromatic heterocycles. The maximum Gasteiger partial charge on any atom is 0.274 e. The first-order valence-corrected chi connectivity index (χ1v) is 8.78. The number of benzene rings is 1. The number of carbonyl (C=O) groups is 1. The molecule has 1 amide bonds. The third-order valence-corrected chi connectivity index (χ3v) is 5.04. The summed E-state index contributed by atoms with van der Waals surface area (Å²) < 4.78 is 10.3. The van der Waals surface area contributed by atoms with Gasteiger partial charge in [0.2, 0.25) is 6.39 Å². The van der Waals surface area contributed by atoms with E-state index in [2.05, 4.69) is 15.1 Å². The number of nitrogens with zero attached hydrogens (tertiary/aromatic N) is 4. The molecule has 0 N–H and O–H groups in total. The highest BCUT2D eigenvalue weighted by molar-refractivity contribution is 7.13. The van der Waals surface area contributed by atoms with Crippen LogP contribution in [0.2, 0.25) is 0 Å². The lowest BCUT2D eigenvalue weighted by Gasteiger charge is -2.33. The fourth-order valence-electron chi connectivity index (χ4n) is 2.84. The predicted octanol–water partition coefficient (Wildman–Crippen LogP) is 2.72. The Labute approximate surface area is 148 Å². The second-order valence-corrected chi connectivity index (χ2v) is 6.59. The minimum atomic E-state index is -0.358. The van der Waals surface area contributed by atoms with Crippen LogP contribution in [0.15, 0.2) is 40.6 Å². The summed E-state index contributed by atoms with van der Waals surface area (Å²) >= 11 is 1.47. The average molecular weight is 356 g/mol. The van der Waals surface area contributed by atoms with Crippen LogP contribution in [0, 0.1) is 6.92 Å². The van der Waals surface area contributed by atoms with Crippen LogP contribution in [0.5, 0.6) is 0 Å². The van der Waals surface area contributed by atoms with Crippen molar-refractivity contribution >= 4 is 17.2 Å². The molecule has 0 unspecified atom stereocenters. The molecular weight excluding hydrogens is 340 g/mol. The zero-order valence-electron chi connectivity index (χ0n) is 13.6. The van der Waals surface area contributed by atoms with Crippen molar-refractivity contribution in [3.05, 3.63) is 53.1 Å². The number of morpholine rings is 1. The maximum absolute atomic E-state index is 13.0. The third kappa shape index (κ3) is 3.06. The summed E-state index contributed by atoms with van der Waals surface area (Å²) in [5.74, 6) is 0.302. The summed E-state index contributed by atoms with van der Waals surface area (Å²) in [6, 6.07) is 7.65. The lowest BCUT2D eigenvalue weighted by molar-refractivity contribution is -0.00602. The molecule has 3 aromatic rings. The molecule has 0 radical (unpaired) electrons. The van der Waals surface area contributed by atoms with Gasteiger partial charge in [-0.05, 0) is 12.5 Å². The summed E-state index contributed by atoms with van der Waals surface area (Å²) in [6.45, 7) is 3.33. The molecule has 1 fully saturated rings. The highest BCUT2D eigenvalue weighted by atomic mass is 32.1. The van der Waals surface area contributed by atoms with Gasteiger partial charge in [0.25, 0.3) is 5.91 Å². The molecule has 0 saturated carbocycles. The van der Waals surface area contributed by atoms with Gasteiger partial charge in [-0.25, -0.2) is 4.98 Å². The van der Waals surface area contributed by atoms with E-state index < -0.39 is 0 Å². The number of aromatic nitrogens is 3. The molecule has 128 valence electrons. The molecular formula is C17H16N4O3S. The Kier molecular flexibility index (Phi) is 4.29. The number of ether oxygens (including phenoxy) is 1. The molecule has 0 aliphatic carbocycles. The van der Waals surface area contributed by atoms with Crippen molar-refractivity contribution < 1.29 is 14.1 Å². The van der Waals surface area contributed by atoms with Gasteiger partial charge in [0, 0.05) is 17.5 Å². The van der Waals surface area contributed by atoms with E-state index in [-0.39, 0.29) is 11.9 Å². The molecule has 1 saturated heterocycles. The van der Waals surface area contributed by atoms with E-state index in [9.17, 15) is 4.79 Å². The van der Waals surface area contributed by atoms with Crippen molar-refractivity contribution in [1.29, 1.82) is 0 Å². The lowest BCUT2D eigenvalue weighted by atomic mass is 10.1. The Morgan fingerprint density at radius 1 is 1.36 bits per heavy atom. The zero-order valence-corrected chi connectivity index (χ0v) is 14.4. The Balaban J connectivity index is 1.61. The summed E-state index contributed by atoms with van der Waals surface area (Å²) in [6.07, 6.45) is 1.26. The molecule has 25 heavy (non-hydrogen) atoms. The van der Waals surface area contributed by atoms with Crippen LogP contribution in [-0.4, -0.2) is 45.7 Å². The van der Waals surface area contributed by atoms with Crippen LogP contribution in [0.1, 0.15) is 27.9 Å². The second-order valence-electron chi connectivity index (χ2n) is 5.73. The smallest absolute Gasteiger partial charge is 0.274 e. The van der Waals surface area contributed by atoms with Crippen molar-refractivity contribution in [3.8, 4) is 10.6 Å². The minimum absolute atomic E-state index is 0.144. The summed E-state index contributed by atoms with van der Waals surface area (Å²) in [7, 11) is 0. The first-order valence-electron chi connectivity index (χ1n) is 7.90. The minimum Gasteiger partial charge on any atom is -0.377 e. The van der Waals surface area contributed by atoms with Crippen molar-refractivity contribution in [2.75, 3.05) is 19.8 Å². The monoisotopic (exact) mass is 356 g/mol. The molecule has 4 rings (SSSR count). The summed E-state index contributed by atoms with van der Waals surface area (Å²) in [5.41, 5.74) is 2.61. The highest BCUT2D eigenvalue weighted by Gasteiger charge is 2.33. The van der Waals surface area contributed by atoms with Gasteiger partial charge < -0.3 is 14.2 Å². The maximum atomic E-state index is 13.0. The summed E-state index contributed by atoms with van der Waals surface area (Å²) in [4.78, 5) is 23.3. The number of hydrogen-bond donors (Lipinski definition) is 0. The fourth-order valence-corrected chi connectivity index (χ4v) is 3.73. The van der Waals surface area contributed by atoms with Gasteiger partial charge in [-0.3, -0.25) is 4.79 Å². The van der Waals surface area contributed by atoms with E-state index >= 15 is 0 Å². The Morgan fingerprint density at radius 2 is 2.24 bits per heavy atom. The topological polar surface area (TPSA) is 81.4 Å². The van der Waals surface area contributed by atoms with E-state index in [1.54, 1.807) is 10.3 Å². The van der Waals surface area contributed by atoms with Gasteiger partial charge in [0.1, 0.15) is 16.7 Å². The number of rotatable bonds is 3. The molecule has 1 aliphatic heterocycles. The average Bonchev–Trinajstić information content (AvgIpc) is 3.34. The summed E-state index contributed by atoms with van der Waals surface area (Å²) in [5, 5.41) is 6.49. The SMILES string of the molecule is Cc1ccccc1-c1nc(C(=O)N2CCOC[C@@H]2c2ncon2)cs1. The standard InChI is InChI=1S/C17H16N4O3S/c1-11-4-2-3-5-12(11)16-19-13(9-25-16)17(22)21-6-7-23-8-14(21)15-18-10-24-20-15/h2-5,9-10,14H,6-8H2,1H3/t14-/m1/s1. The Hall–Kier alpha value is -2.58. The van der Waals surface area contributed by atoms with Crippen LogP contribution in [0.3, 0.4) is 0 Å². The number of aryl methyl sites for hydroxylation is 1. The van der Waals surface area contributed by atoms with Gasteiger partial charge in [-0.2, -0.15) is 4.98 Å². The first kappa shape index (κ1) is 15.9. The van der Waals surface area contributed by atoms with Gasteiger partial charge in [-0.15, -0.1) is 11.3 Å². The molecule has 1 atom stereocenters. The first-order chi connectivity index (χ1) is 12.2. The van der Waals surface area contributed by atoms with Crippen LogP contribution < -0.4 is 0 Å². The van der Waals surface area contributed by atoms with Crippen molar-refractivity contribution in [3.63, 3.8) is 0 Å². The van der Waals surface area contributed by atoms with Crippen LogP contribution in [0.4, 0.5) is 0 Å². The molecule has 3 heterocycles. The van der Waals surface area contributed by atoms with Gasteiger partial charge in [0.05, 0.1) is 13.2 Å². The third-order valence-electron chi connectivity index (χ3n) is 4.16. The molecule has 0 bridgehead atoms. The Morgan fingerprint density at radius 3 is 3.04 bits per heavy atom. The van der Waals surface area contributed by atoms with Crippen molar-refractivity contribution in [1.82, 2.24) is 20.0 Å². The van der Waals surface area contributed by atoms with Crippen LogP contribution in [0.25, 0.3) is 10.6 Å². The number of hydrogen-bond acceptors (Lipinski definition) is 7. The fraction of sp³-hybridized carbons (Fsp3) is 0.294. The zero-order chi connectivity index (χ0) is 17.2. The number of amides is 1. The highest BCUT2D eigenvalue weighted by Crippen LogP contribution is 2.29. The normalized spacial score (nSPS) is 17.6. The second kappa shape index (κ2) is 6.73. The molecule has 7 nitrogen and oxygen atoms in total. The van der Waals surface area contributed by atoms with E-state index in [1.807, 2.05) is 31.2 Å². The van der Waals surface area contributed by atoms with Gasteiger partial charge >= 0.3 is 0 Å². The largest absolute Gasteiger partial charge is 0.377 e. The van der Waals surface area contributed by atoms with E-state index in [1.165, 1.54) is 17.7 Å². The molecule has 1 aliphatic rings. The quantitative estimate of drug-likeness (QED) is 0.718. The van der Waals surface area contributed by atoms with Crippen molar-refractivity contribution in [2.45, 2.75) is 13.0 Å². The number of carbonyl (C=O) groups excluding carboxylic acids is 1. The van der Waals surface area contributed by atoms with Crippen LogP contribution >= 0.6 is 11.3 Å². The molecule has 0 spiro atoms. The van der Waals surface area contributed by atoms with E-state index in [0.717, 1.165) is 16.1 Å². The predicted molar refractivity (Wildman–Crippen MR) is 91.2 cm³/mol. The van der Waals surface area contributed by atoms with E-state index in [4.69, 9.17) is 9.26 Å². The van der Waals surface area contributed by atoms with Gasteiger partial charge in [0.15, 0.2) is 5.82 Å². The molecule has 8 heteroatoms. The van der Waals surface area contributed by atoms with Crippen molar-refractivity contribution in [2.24, 2.45) is 0 Å². The van der Waals surface area contributed by atoms with Crippen LogP contribution in [-0.2, 0) is 4.74 Å².